The Morgan fingerprint density at radius 3 is 1.05 bits per heavy atom. The Balaban J connectivity index is 1.18. The molecule has 56 heavy (non-hydrogen) atoms. The van der Waals surface area contributed by atoms with Crippen molar-refractivity contribution in [3.63, 3.8) is 0 Å². The van der Waals surface area contributed by atoms with Gasteiger partial charge in [-0.25, -0.2) is 0 Å². The molecule has 0 bridgehead atoms. The van der Waals surface area contributed by atoms with Crippen LogP contribution in [-0.4, -0.2) is 59.5 Å². The van der Waals surface area contributed by atoms with Gasteiger partial charge in [0.25, 0.3) is 0 Å². The lowest BCUT2D eigenvalue weighted by atomic mass is 9.69. The van der Waals surface area contributed by atoms with Gasteiger partial charge in [0, 0.05) is 10.8 Å². The van der Waals surface area contributed by atoms with Crippen LogP contribution < -0.4 is 14.2 Å². The number of benzene rings is 4. The van der Waals surface area contributed by atoms with Gasteiger partial charge in [-0.2, -0.15) is 0 Å². The van der Waals surface area contributed by atoms with Crippen LogP contribution in [0, 0.1) is 37.0 Å². The first kappa shape index (κ1) is 40.4. The van der Waals surface area contributed by atoms with Gasteiger partial charge < -0.3 is 28.4 Å². The van der Waals surface area contributed by atoms with Gasteiger partial charge in [0.15, 0.2) is 0 Å². The standard InChI is InChI=1S/C50H64O6/c1-10-48(26-51-27-48)32-54-43-20-17-40(23-35(43)4)46(7,8)38-13-15-39(16-14-38)47(9,41-18-21-44(36(5)24-41)55-33-49(11-2)28-52-29-49)42-19-22-45(37(6)25-42)56-34-50(12-3)30-53-31-50/h13-25H,10-12,26-34H2,1-9H3. The second-order valence-electron chi connectivity index (χ2n) is 18.2. The van der Waals surface area contributed by atoms with Crippen molar-refractivity contribution in [2.45, 2.75) is 92.4 Å². The van der Waals surface area contributed by atoms with E-state index in [0.717, 1.165) is 92.8 Å². The third-order valence-corrected chi connectivity index (χ3v) is 13.9. The van der Waals surface area contributed by atoms with E-state index in [9.17, 15) is 0 Å². The van der Waals surface area contributed by atoms with E-state index in [-0.39, 0.29) is 21.7 Å². The Labute approximate surface area is 336 Å². The molecule has 6 nitrogen and oxygen atoms in total. The van der Waals surface area contributed by atoms with Gasteiger partial charge in [-0.05, 0) is 110 Å². The molecular weight excluding hydrogens is 697 g/mol. The van der Waals surface area contributed by atoms with Crippen molar-refractivity contribution in [1.82, 2.24) is 0 Å². The summed E-state index contributed by atoms with van der Waals surface area (Å²) in [5.74, 6) is 2.83. The highest BCUT2D eigenvalue weighted by molar-refractivity contribution is 5.55. The van der Waals surface area contributed by atoms with Gasteiger partial charge in [0.2, 0.25) is 0 Å². The predicted octanol–water partition coefficient (Wildman–Crippen LogP) is 10.7. The highest BCUT2D eigenvalue weighted by Crippen LogP contribution is 2.44. The van der Waals surface area contributed by atoms with Crippen LogP contribution in [0.2, 0.25) is 0 Å². The first-order valence-corrected chi connectivity index (χ1v) is 20.9. The molecule has 3 saturated heterocycles. The molecule has 0 amide bonds. The number of hydrogen-bond acceptors (Lipinski definition) is 6. The molecule has 4 aromatic carbocycles. The van der Waals surface area contributed by atoms with E-state index in [1.165, 1.54) is 27.8 Å². The summed E-state index contributed by atoms with van der Waals surface area (Å²) < 4.78 is 35.9. The molecule has 300 valence electrons. The van der Waals surface area contributed by atoms with E-state index >= 15 is 0 Å². The van der Waals surface area contributed by atoms with Crippen LogP contribution in [0.1, 0.15) is 105 Å². The average molecular weight is 761 g/mol. The molecule has 0 atom stereocenters. The maximum absolute atomic E-state index is 6.46. The van der Waals surface area contributed by atoms with E-state index in [1.807, 2.05) is 0 Å². The molecular formula is C50H64O6. The first-order chi connectivity index (χ1) is 26.8. The molecule has 0 aliphatic carbocycles. The zero-order valence-electron chi connectivity index (χ0n) is 35.4. The van der Waals surface area contributed by atoms with E-state index in [2.05, 4.69) is 141 Å². The zero-order valence-corrected chi connectivity index (χ0v) is 35.4. The lowest BCUT2D eigenvalue weighted by Crippen LogP contribution is -2.46. The van der Waals surface area contributed by atoms with Crippen molar-refractivity contribution in [2.75, 3.05) is 59.5 Å². The van der Waals surface area contributed by atoms with E-state index in [4.69, 9.17) is 28.4 Å². The Morgan fingerprint density at radius 1 is 0.446 bits per heavy atom. The maximum atomic E-state index is 6.46. The van der Waals surface area contributed by atoms with E-state index < -0.39 is 5.41 Å². The summed E-state index contributed by atoms with van der Waals surface area (Å²) in [6, 6.07) is 29.4. The summed E-state index contributed by atoms with van der Waals surface area (Å²) in [7, 11) is 0. The second-order valence-corrected chi connectivity index (χ2v) is 18.2. The highest BCUT2D eigenvalue weighted by atomic mass is 16.5. The molecule has 0 N–H and O–H groups in total. The molecule has 6 heteroatoms. The fourth-order valence-corrected chi connectivity index (χ4v) is 8.37. The fourth-order valence-electron chi connectivity index (χ4n) is 8.37. The molecule has 3 fully saturated rings. The summed E-state index contributed by atoms with van der Waals surface area (Å²) in [5, 5.41) is 0. The van der Waals surface area contributed by atoms with Crippen LogP contribution in [-0.2, 0) is 25.0 Å². The SMILES string of the molecule is CCC1(COc2ccc(C(C)(C)c3ccc(C(C)(c4ccc(OCC5(CC)COC5)c(C)c4)c4ccc(OCC5(CC)COC5)c(C)c4)cc3)cc2C)COC1. The van der Waals surface area contributed by atoms with Gasteiger partial charge in [-0.1, -0.05) is 95.3 Å². The van der Waals surface area contributed by atoms with Gasteiger partial charge in [-0.3, -0.25) is 0 Å². The smallest absolute Gasteiger partial charge is 0.122 e. The summed E-state index contributed by atoms with van der Waals surface area (Å²) >= 11 is 0. The van der Waals surface area contributed by atoms with Gasteiger partial charge in [0.05, 0.1) is 75.7 Å². The first-order valence-electron chi connectivity index (χ1n) is 20.9. The largest absolute Gasteiger partial charge is 0.493 e. The molecule has 4 aromatic rings. The highest BCUT2D eigenvalue weighted by Gasteiger charge is 2.40. The average Bonchev–Trinajstić information content (AvgIpc) is 3.15. The van der Waals surface area contributed by atoms with Crippen LogP contribution >= 0.6 is 0 Å². The monoisotopic (exact) mass is 760 g/mol. The fraction of sp³-hybridized carbons (Fsp3) is 0.520. The van der Waals surface area contributed by atoms with Crippen LogP contribution in [0.25, 0.3) is 0 Å². The summed E-state index contributed by atoms with van der Waals surface area (Å²) in [6.07, 6.45) is 3.17. The normalized spacial score (nSPS) is 18.3. The number of ether oxygens (including phenoxy) is 6. The summed E-state index contributed by atoms with van der Waals surface area (Å²) in [5.41, 5.74) is 9.39. The van der Waals surface area contributed by atoms with Crippen LogP contribution in [0.5, 0.6) is 17.2 Å². The topological polar surface area (TPSA) is 55.4 Å². The molecule has 0 radical (unpaired) electrons. The van der Waals surface area contributed by atoms with Crippen molar-refractivity contribution in [1.29, 1.82) is 0 Å². The summed E-state index contributed by atoms with van der Waals surface area (Å²) in [4.78, 5) is 0. The van der Waals surface area contributed by atoms with Crippen LogP contribution in [0.4, 0.5) is 0 Å². The molecule has 0 spiro atoms. The molecule has 3 aliphatic rings. The molecule has 3 heterocycles. The van der Waals surface area contributed by atoms with E-state index in [1.54, 1.807) is 0 Å². The summed E-state index contributed by atoms with van der Waals surface area (Å²) in [6.45, 7) is 26.8. The van der Waals surface area contributed by atoms with E-state index in [0.29, 0.717) is 19.8 Å². The van der Waals surface area contributed by atoms with Gasteiger partial charge >= 0.3 is 0 Å². The zero-order chi connectivity index (χ0) is 39.8. The quantitative estimate of drug-likeness (QED) is 0.0999. The van der Waals surface area contributed by atoms with Crippen molar-refractivity contribution in [2.24, 2.45) is 16.2 Å². The lowest BCUT2D eigenvalue weighted by Gasteiger charge is -2.40. The Morgan fingerprint density at radius 2 is 0.750 bits per heavy atom. The lowest BCUT2D eigenvalue weighted by molar-refractivity contribution is -0.133. The predicted molar refractivity (Wildman–Crippen MR) is 225 cm³/mol. The number of rotatable bonds is 17. The van der Waals surface area contributed by atoms with Crippen LogP contribution in [0.15, 0.2) is 78.9 Å². The van der Waals surface area contributed by atoms with Crippen molar-refractivity contribution in [3.8, 4) is 17.2 Å². The Kier molecular flexibility index (Phi) is 11.4. The molecule has 0 aromatic heterocycles. The number of aryl methyl sites for hydroxylation is 3. The molecule has 0 unspecified atom stereocenters. The minimum absolute atomic E-state index is 0.122. The number of hydrogen-bond donors (Lipinski definition) is 0. The van der Waals surface area contributed by atoms with Crippen molar-refractivity contribution >= 4 is 0 Å². The minimum atomic E-state index is -0.439. The minimum Gasteiger partial charge on any atom is -0.493 e. The van der Waals surface area contributed by atoms with Crippen molar-refractivity contribution in [3.05, 3.63) is 123 Å². The molecule has 3 aliphatic heterocycles. The Bertz CT molecular complexity index is 1890. The van der Waals surface area contributed by atoms with Crippen LogP contribution in [0.3, 0.4) is 0 Å². The molecule has 7 rings (SSSR count). The van der Waals surface area contributed by atoms with Gasteiger partial charge in [-0.15, -0.1) is 0 Å². The Hall–Kier alpha value is -3.84. The maximum Gasteiger partial charge on any atom is 0.122 e. The van der Waals surface area contributed by atoms with Crippen molar-refractivity contribution < 1.29 is 28.4 Å². The third kappa shape index (κ3) is 7.62. The van der Waals surface area contributed by atoms with Gasteiger partial charge in [0.1, 0.15) is 17.2 Å². The third-order valence-electron chi connectivity index (χ3n) is 13.9. The molecule has 0 saturated carbocycles. The second kappa shape index (κ2) is 15.8.